The fraction of sp³-hybridized carbons (Fsp3) is 0.450. The van der Waals surface area contributed by atoms with Crippen molar-refractivity contribution in [2.45, 2.75) is 38.1 Å². The van der Waals surface area contributed by atoms with Crippen LogP contribution in [0, 0.1) is 11.8 Å². The standard InChI is InChI=1S/C20H25N5O2S/c1-15(2)13-25-19(23-18-6-4-9-22-20(18)25)11-16-7-10-24(14-16)28(26,27)17-5-3-8-21-12-17/h3-6,8-9,12,15-16H,7,10-11,13-14H2,1-2H3/t16-/m1/s1. The quantitative estimate of drug-likeness (QED) is 0.637. The van der Waals surface area contributed by atoms with Gasteiger partial charge in [0.25, 0.3) is 0 Å². The third kappa shape index (κ3) is 3.66. The Hall–Kier alpha value is -2.32. The van der Waals surface area contributed by atoms with Crippen molar-refractivity contribution in [2.75, 3.05) is 13.1 Å². The zero-order valence-electron chi connectivity index (χ0n) is 16.2. The SMILES string of the molecule is CC(C)Cn1c(C[C@H]2CCN(S(=O)(=O)c3cccnc3)C2)nc2cccnc21. The minimum Gasteiger partial charge on any atom is -0.312 e. The van der Waals surface area contributed by atoms with Gasteiger partial charge in [-0.15, -0.1) is 0 Å². The van der Waals surface area contributed by atoms with Crippen LogP contribution in [-0.4, -0.2) is 45.3 Å². The highest BCUT2D eigenvalue weighted by atomic mass is 32.2. The summed E-state index contributed by atoms with van der Waals surface area (Å²) >= 11 is 0. The second kappa shape index (κ2) is 7.60. The fourth-order valence-electron chi connectivity index (χ4n) is 3.81. The summed E-state index contributed by atoms with van der Waals surface area (Å²) in [4.78, 5) is 13.5. The number of fused-ring (bicyclic) bond motifs is 1. The lowest BCUT2D eigenvalue weighted by Crippen LogP contribution is -2.29. The van der Waals surface area contributed by atoms with Gasteiger partial charge in [-0.1, -0.05) is 13.8 Å². The van der Waals surface area contributed by atoms with Crippen LogP contribution >= 0.6 is 0 Å². The molecule has 0 bridgehead atoms. The number of hydrogen-bond acceptors (Lipinski definition) is 5. The highest BCUT2D eigenvalue weighted by Gasteiger charge is 2.33. The Morgan fingerprint density at radius 3 is 2.79 bits per heavy atom. The highest BCUT2D eigenvalue weighted by molar-refractivity contribution is 7.89. The molecule has 0 spiro atoms. The largest absolute Gasteiger partial charge is 0.312 e. The van der Waals surface area contributed by atoms with Crippen molar-refractivity contribution < 1.29 is 8.42 Å². The lowest BCUT2D eigenvalue weighted by atomic mass is 10.0. The van der Waals surface area contributed by atoms with E-state index >= 15 is 0 Å². The van der Waals surface area contributed by atoms with Gasteiger partial charge < -0.3 is 4.57 Å². The lowest BCUT2D eigenvalue weighted by molar-refractivity contribution is 0.444. The van der Waals surface area contributed by atoms with Crippen LogP contribution in [0.25, 0.3) is 11.2 Å². The molecule has 7 nitrogen and oxygen atoms in total. The Morgan fingerprint density at radius 2 is 2.04 bits per heavy atom. The predicted octanol–water partition coefficient (Wildman–Crippen LogP) is 2.74. The molecule has 28 heavy (non-hydrogen) atoms. The smallest absolute Gasteiger partial charge is 0.244 e. The maximum Gasteiger partial charge on any atom is 0.244 e. The number of pyridine rings is 2. The van der Waals surface area contributed by atoms with Gasteiger partial charge in [-0.05, 0) is 42.5 Å². The van der Waals surface area contributed by atoms with Gasteiger partial charge >= 0.3 is 0 Å². The molecule has 4 rings (SSSR count). The van der Waals surface area contributed by atoms with Crippen LogP contribution < -0.4 is 0 Å². The number of aromatic nitrogens is 4. The van der Waals surface area contributed by atoms with E-state index in [-0.39, 0.29) is 10.8 Å². The second-order valence-corrected chi connectivity index (χ2v) is 9.73. The number of sulfonamides is 1. The zero-order valence-corrected chi connectivity index (χ0v) is 17.0. The third-order valence-corrected chi connectivity index (χ3v) is 6.97. The summed E-state index contributed by atoms with van der Waals surface area (Å²) < 4.78 is 29.4. The van der Waals surface area contributed by atoms with E-state index in [0.29, 0.717) is 19.0 Å². The minimum absolute atomic E-state index is 0.245. The molecule has 0 saturated carbocycles. The first-order valence-corrected chi connectivity index (χ1v) is 11.1. The molecule has 0 radical (unpaired) electrons. The number of hydrogen-bond donors (Lipinski definition) is 0. The molecule has 0 aromatic carbocycles. The summed E-state index contributed by atoms with van der Waals surface area (Å²) in [6, 6.07) is 7.14. The van der Waals surface area contributed by atoms with Gasteiger partial charge in [-0.3, -0.25) is 4.98 Å². The summed E-state index contributed by atoms with van der Waals surface area (Å²) in [7, 11) is -3.49. The molecule has 0 N–H and O–H groups in total. The van der Waals surface area contributed by atoms with E-state index in [1.165, 1.54) is 6.20 Å². The Labute approximate surface area is 165 Å². The Bertz CT molecular complexity index is 1060. The average molecular weight is 400 g/mol. The molecule has 3 aromatic heterocycles. The van der Waals surface area contributed by atoms with E-state index in [1.54, 1.807) is 28.8 Å². The molecule has 148 valence electrons. The monoisotopic (exact) mass is 399 g/mol. The van der Waals surface area contributed by atoms with Crippen LogP contribution in [0.2, 0.25) is 0 Å². The van der Waals surface area contributed by atoms with Crippen LogP contribution in [0.15, 0.2) is 47.8 Å². The summed E-state index contributed by atoms with van der Waals surface area (Å²) in [5.41, 5.74) is 1.81. The summed E-state index contributed by atoms with van der Waals surface area (Å²) in [5, 5.41) is 0. The molecule has 0 unspecified atom stereocenters. The fourth-order valence-corrected chi connectivity index (χ4v) is 5.30. The number of rotatable bonds is 6. The van der Waals surface area contributed by atoms with Crippen LogP contribution in [0.4, 0.5) is 0 Å². The maximum absolute atomic E-state index is 12.8. The van der Waals surface area contributed by atoms with Crippen LogP contribution in [0.1, 0.15) is 26.1 Å². The van der Waals surface area contributed by atoms with Crippen molar-refractivity contribution in [3.8, 4) is 0 Å². The minimum atomic E-state index is -3.49. The van der Waals surface area contributed by atoms with Gasteiger partial charge in [0, 0.05) is 44.6 Å². The van der Waals surface area contributed by atoms with E-state index in [2.05, 4.69) is 28.4 Å². The Morgan fingerprint density at radius 1 is 1.21 bits per heavy atom. The van der Waals surface area contributed by atoms with Gasteiger partial charge in [0.1, 0.15) is 16.2 Å². The Kier molecular flexibility index (Phi) is 5.16. The van der Waals surface area contributed by atoms with Crippen molar-refractivity contribution in [3.05, 3.63) is 48.7 Å². The van der Waals surface area contributed by atoms with Gasteiger partial charge in [0.2, 0.25) is 10.0 Å². The van der Waals surface area contributed by atoms with Crippen LogP contribution in [-0.2, 0) is 23.0 Å². The van der Waals surface area contributed by atoms with E-state index < -0.39 is 10.0 Å². The summed E-state index contributed by atoms with van der Waals surface area (Å²) in [5.74, 6) is 1.71. The Balaban J connectivity index is 1.55. The molecular formula is C20H25N5O2S. The molecule has 1 saturated heterocycles. The normalized spacial score (nSPS) is 18.3. The van der Waals surface area contributed by atoms with E-state index in [9.17, 15) is 8.42 Å². The third-order valence-electron chi connectivity index (χ3n) is 5.12. The topological polar surface area (TPSA) is 81.0 Å². The molecule has 1 fully saturated rings. The first kappa shape index (κ1) is 19.0. The molecule has 4 heterocycles. The first-order chi connectivity index (χ1) is 13.4. The van der Waals surface area contributed by atoms with E-state index in [4.69, 9.17) is 4.98 Å². The molecule has 3 aromatic rings. The van der Waals surface area contributed by atoms with E-state index in [0.717, 1.165) is 36.4 Å². The van der Waals surface area contributed by atoms with Crippen molar-refractivity contribution in [2.24, 2.45) is 11.8 Å². The van der Waals surface area contributed by atoms with Gasteiger partial charge in [-0.25, -0.2) is 18.4 Å². The molecule has 8 heteroatoms. The summed E-state index contributed by atoms with van der Waals surface area (Å²) in [6.45, 7) is 6.25. The van der Waals surface area contributed by atoms with Crippen LogP contribution in [0.5, 0.6) is 0 Å². The molecule has 0 amide bonds. The van der Waals surface area contributed by atoms with Crippen molar-refractivity contribution in [1.82, 2.24) is 23.8 Å². The molecule has 1 atom stereocenters. The van der Waals surface area contributed by atoms with Gasteiger partial charge in [-0.2, -0.15) is 4.31 Å². The molecule has 1 aliphatic heterocycles. The first-order valence-electron chi connectivity index (χ1n) is 9.65. The lowest BCUT2D eigenvalue weighted by Gasteiger charge is -2.17. The molecule has 1 aliphatic rings. The zero-order chi connectivity index (χ0) is 19.7. The average Bonchev–Trinajstić information content (AvgIpc) is 3.28. The number of nitrogens with zero attached hydrogens (tertiary/aromatic N) is 5. The van der Waals surface area contributed by atoms with E-state index in [1.807, 2.05) is 12.1 Å². The van der Waals surface area contributed by atoms with Crippen molar-refractivity contribution in [1.29, 1.82) is 0 Å². The second-order valence-electron chi connectivity index (χ2n) is 7.79. The van der Waals surface area contributed by atoms with Crippen molar-refractivity contribution in [3.63, 3.8) is 0 Å². The van der Waals surface area contributed by atoms with Gasteiger partial charge in [0.15, 0.2) is 5.65 Å². The molecule has 0 aliphatic carbocycles. The summed E-state index contributed by atoms with van der Waals surface area (Å²) in [6.07, 6.45) is 6.37. The van der Waals surface area contributed by atoms with Gasteiger partial charge in [0.05, 0.1) is 0 Å². The highest BCUT2D eigenvalue weighted by Crippen LogP contribution is 2.27. The maximum atomic E-state index is 12.8. The number of imidazole rings is 1. The predicted molar refractivity (Wildman–Crippen MR) is 107 cm³/mol. The van der Waals surface area contributed by atoms with Crippen LogP contribution in [0.3, 0.4) is 0 Å². The van der Waals surface area contributed by atoms with Crippen molar-refractivity contribution >= 4 is 21.2 Å². The molecular weight excluding hydrogens is 374 g/mol.